The zero-order valence-corrected chi connectivity index (χ0v) is 10.4. The van der Waals surface area contributed by atoms with Crippen molar-refractivity contribution in [1.29, 1.82) is 0 Å². The molecule has 0 aliphatic heterocycles. The summed E-state index contributed by atoms with van der Waals surface area (Å²) in [4.78, 5) is 3.21. The third-order valence-electron chi connectivity index (χ3n) is 1.68. The monoisotopic (exact) mass is 371 g/mol. The molecule has 1 aromatic rings. The second-order valence-corrected chi connectivity index (χ2v) is 4.22. The maximum absolute atomic E-state index is 12.5. The van der Waals surface area contributed by atoms with Gasteiger partial charge >= 0.3 is 6.18 Å². The number of hydrogen-bond acceptors (Lipinski definition) is 1. The third kappa shape index (κ3) is 2.93. The second kappa shape index (κ2) is 4.99. The zero-order valence-electron chi connectivity index (χ0n) is 7.45. The van der Waals surface area contributed by atoms with E-state index in [1.165, 1.54) is 22.6 Å². The Labute approximate surface area is 106 Å². The van der Waals surface area contributed by atoms with Crippen molar-refractivity contribution < 1.29 is 22.0 Å². The molecule has 0 aromatic carbocycles. The Bertz CT molecular complexity index is 393. The minimum atomic E-state index is -4.85. The third-order valence-corrected chi connectivity index (χ3v) is 2.80. The molecule has 0 aliphatic rings. The molecular formula is C8H4ClF5IN. The summed E-state index contributed by atoms with van der Waals surface area (Å²) < 4.78 is 62.0. The summed E-state index contributed by atoms with van der Waals surface area (Å²) in [6.45, 7) is 0. The van der Waals surface area contributed by atoms with E-state index in [0.29, 0.717) is 0 Å². The lowest BCUT2D eigenvalue weighted by molar-refractivity contribution is -0.140. The van der Waals surface area contributed by atoms with Gasteiger partial charge in [0.1, 0.15) is 5.69 Å². The Morgan fingerprint density at radius 3 is 2.31 bits per heavy atom. The van der Waals surface area contributed by atoms with Gasteiger partial charge in [0.05, 0.1) is 17.1 Å². The second-order valence-electron chi connectivity index (χ2n) is 2.79. The molecule has 0 saturated heterocycles. The summed E-state index contributed by atoms with van der Waals surface area (Å²) in [5.74, 6) is -0.214. The lowest BCUT2D eigenvalue weighted by atomic mass is 10.1. The van der Waals surface area contributed by atoms with Crippen LogP contribution in [0.3, 0.4) is 0 Å². The fourth-order valence-corrected chi connectivity index (χ4v) is 2.17. The molecule has 0 bridgehead atoms. The van der Waals surface area contributed by atoms with E-state index in [1.807, 2.05) is 0 Å². The minimum Gasteiger partial charge on any atom is -0.250 e. The van der Waals surface area contributed by atoms with Gasteiger partial charge in [-0.3, -0.25) is 0 Å². The molecule has 90 valence electrons. The van der Waals surface area contributed by atoms with Gasteiger partial charge in [-0.15, -0.1) is 11.6 Å². The van der Waals surface area contributed by atoms with Crippen LogP contribution in [-0.2, 0) is 12.1 Å². The van der Waals surface area contributed by atoms with Crippen LogP contribution in [0.4, 0.5) is 22.0 Å². The van der Waals surface area contributed by atoms with Crippen molar-refractivity contribution in [2.45, 2.75) is 18.5 Å². The standard InChI is InChI=1S/C8H4ClF5IN/c9-2-3-1-4(15)5(8(12,13)14)6(16-3)7(10)11/h1,7H,2H2. The fourth-order valence-electron chi connectivity index (χ4n) is 1.09. The smallest absolute Gasteiger partial charge is 0.250 e. The van der Waals surface area contributed by atoms with Crippen LogP contribution in [0.2, 0.25) is 0 Å². The highest BCUT2D eigenvalue weighted by molar-refractivity contribution is 14.1. The number of nitrogens with zero attached hydrogens (tertiary/aromatic N) is 1. The Hall–Kier alpha value is -0.180. The van der Waals surface area contributed by atoms with Gasteiger partial charge in [0.2, 0.25) is 0 Å². The molecule has 0 radical (unpaired) electrons. The van der Waals surface area contributed by atoms with Gasteiger partial charge in [0.15, 0.2) is 0 Å². The lowest BCUT2D eigenvalue weighted by Crippen LogP contribution is -2.14. The zero-order chi connectivity index (χ0) is 12.5. The topological polar surface area (TPSA) is 12.9 Å². The van der Waals surface area contributed by atoms with Gasteiger partial charge < -0.3 is 0 Å². The first-order valence-electron chi connectivity index (χ1n) is 3.88. The number of aromatic nitrogens is 1. The maximum atomic E-state index is 12.5. The van der Waals surface area contributed by atoms with Crippen LogP contribution in [-0.4, -0.2) is 4.98 Å². The molecule has 1 rings (SSSR count). The van der Waals surface area contributed by atoms with Crippen LogP contribution in [0.1, 0.15) is 23.4 Å². The molecule has 0 spiro atoms. The van der Waals surface area contributed by atoms with Gasteiger partial charge in [-0.1, -0.05) is 0 Å². The van der Waals surface area contributed by atoms with E-state index >= 15 is 0 Å². The van der Waals surface area contributed by atoms with E-state index in [-0.39, 0.29) is 15.1 Å². The van der Waals surface area contributed by atoms with Gasteiger partial charge in [-0.2, -0.15) is 13.2 Å². The molecule has 0 amide bonds. The van der Waals surface area contributed by atoms with Crippen molar-refractivity contribution in [3.05, 3.63) is 26.6 Å². The van der Waals surface area contributed by atoms with Crippen LogP contribution >= 0.6 is 34.2 Å². The fraction of sp³-hybridized carbons (Fsp3) is 0.375. The summed E-state index contributed by atoms with van der Waals surface area (Å²) in [6.07, 6.45) is -8.13. The molecule has 0 saturated carbocycles. The largest absolute Gasteiger partial charge is 0.419 e. The molecule has 0 atom stereocenters. The van der Waals surface area contributed by atoms with Gasteiger partial charge in [-0.25, -0.2) is 13.8 Å². The predicted octanol–water partition coefficient (Wildman–Crippen LogP) is 4.38. The van der Waals surface area contributed by atoms with Crippen LogP contribution < -0.4 is 0 Å². The average Bonchev–Trinajstić information content (AvgIpc) is 2.14. The highest BCUT2D eigenvalue weighted by Gasteiger charge is 2.39. The minimum absolute atomic E-state index is 0.00522. The van der Waals surface area contributed by atoms with Gasteiger partial charge in [0.25, 0.3) is 6.43 Å². The van der Waals surface area contributed by atoms with E-state index in [9.17, 15) is 22.0 Å². The first-order valence-corrected chi connectivity index (χ1v) is 5.49. The summed E-state index contributed by atoms with van der Waals surface area (Å²) in [6, 6.07) is 1.04. The van der Waals surface area contributed by atoms with Crippen molar-refractivity contribution in [2.24, 2.45) is 0 Å². The Morgan fingerprint density at radius 2 is 1.94 bits per heavy atom. The van der Waals surface area contributed by atoms with E-state index in [4.69, 9.17) is 11.6 Å². The molecule has 8 heteroatoms. The average molecular weight is 371 g/mol. The molecule has 0 N–H and O–H groups in total. The number of hydrogen-bond donors (Lipinski definition) is 0. The Balaban J connectivity index is 3.46. The van der Waals surface area contributed by atoms with E-state index in [2.05, 4.69) is 4.98 Å². The Morgan fingerprint density at radius 1 is 1.38 bits per heavy atom. The van der Waals surface area contributed by atoms with Crippen molar-refractivity contribution in [3.63, 3.8) is 0 Å². The SMILES string of the molecule is FC(F)c1nc(CCl)cc(I)c1C(F)(F)F. The predicted molar refractivity (Wildman–Crippen MR) is 56.5 cm³/mol. The van der Waals surface area contributed by atoms with Crippen molar-refractivity contribution >= 4 is 34.2 Å². The highest BCUT2D eigenvalue weighted by atomic mass is 127. The quantitative estimate of drug-likeness (QED) is 0.427. The first kappa shape index (κ1) is 13.9. The molecular weight excluding hydrogens is 367 g/mol. The molecule has 1 aromatic heterocycles. The van der Waals surface area contributed by atoms with Gasteiger partial charge in [-0.05, 0) is 28.7 Å². The summed E-state index contributed by atoms with van der Waals surface area (Å²) in [5.41, 5.74) is -2.67. The number of pyridine rings is 1. The van der Waals surface area contributed by atoms with Crippen molar-refractivity contribution in [1.82, 2.24) is 4.98 Å². The first-order chi connectivity index (χ1) is 7.27. The van der Waals surface area contributed by atoms with Crippen LogP contribution in [0.15, 0.2) is 6.07 Å². The normalized spacial score (nSPS) is 12.2. The summed E-state index contributed by atoms with van der Waals surface area (Å²) >= 11 is 6.69. The number of alkyl halides is 6. The Kier molecular flexibility index (Phi) is 4.33. The van der Waals surface area contributed by atoms with Crippen LogP contribution in [0.5, 0.6) is 0 Å². The lowest BCUT2D eigenvalue weighted by Gasteiger charge is -2.14. The van der Waals surface area contributed by atoms with Crippen molar-refractivity contribution in [3.8, 4) is 0 Å². The number of rotatable bonds is 2. The number of halogens is 7. The molecule has 16 heavy (non-hydrogen) atoms. The molecule has 1 heterocycles. The van der Waals surface area contributed by atoms with E-state index < -0.39 is 23.9 Å². The summed E-state index contributed by atoms with van der Waals surface area (Å²) in [7, 11) is 0. The molecule has 0 aliphatic carbocycles. The molecule has 0 fully saturated rings. The van der Waals surface area contributed by atoms with Gasteiger partial charge in [0, 0.05) is 3.57 Å². The van der Waals surface area contributed by atoms with Crippen molar-refractivity contribution in [2.75, 3.05) is 0 Å². The molecule has 1 nitrogen and oxygen atoms in total. The van der Waals surface area contributed by atoms with Crippen LogP contribution in [0, 0.1) is 3.57 Å². The van der Waals surface area contributed by atoms with E-state index in [0.717, 1.165) is 6.07 Å². The maximum Gasteiger partial charge on any atom is 0.419 e. The van der Waals surface area contributed by atoms with Crippen LogP contribution in [0.25, 0.3) is 0 Å². The van der Waals surface area contributed by atoms with E-state index in [1.54, 1.807) is 0 Å². The summed E-state index contributed by atoms with van der Waals surface area (Å²) in [5, 5.41) is 0. The highest BCUT2D eigenvalue weighted by Crippen LogP contribution is 2.38. The molecule has 0 unspecified atom stereocenters.